The number of unbranched alkanes of at least 4 members (excludes halogenated alkanes) is 11. The summed E-state index contributed by atoms with van der Waals surface area (Å²) in [7, 11) is 2.23. The first-order chi connectivity index (χ1) is 12.8. The number of hydrogen-bond acceptors (Lipinski definition) is 2. The zero-order valence-corrected chi connectivity index (χ0v) is 17.9. The van der Waals surface area contributed by atoms with E-state index in [1.165, 1.54) is 102 Å². The molecule has 152 valence electrons. The first-order valence-electron chi connectivity index (χ1n) is 11.5. The smallest absolute Gasteiger partial charge is 0.246 e. The number of hydrogen-bond donors (Lipinski definition) is 1. The van der Waals surface area contributed by atoms with Crippen LogP contribution < -0.4 is 5.73 Å². The average Bonchev–Trinajstić information content (AvgIpc) is 2.98. The van der Waals surface area contributed by atoms with Crippen LogP contribution in [0.5, 0.6) is 0 Å². The molecule has 3 nitrogen and oxygen atoms in total. The molecule has 1 rings (SSSR count). The molecule has 0 atom stereocenters. The molecule has 0 amide bonds. The Balaban J connectivity index is 1.89. The maximum absolute atomic E-state index is 5.72. The summed E-state index contributed by atoms with van der Waals surface area (Å²) in [5.41, 5.74) is 5.72. The summed E-state index contributed by atoms with van der Waals surface area (Å²) in [6.07, 6.45) is 23.9. The molecular weight excluding hydrogens is 318 g/mol. The highest BCUT2D eigenvalue weighted by atomic mass is 15.3. The lowest BCUT2D eigenvalue weighted by atomic mass is 10.1. The summed E-state index contributed by atoms with van der Waals surface area (Å²) in [5.74, 6) is 1.52. The van der Waals surface area contributed by atoms with E-state index in [-0.39, 0.29) is 0 Å². The van der Waals surface area contributed by atoms with Gasteiger partial charge < -0.3 is 5.73 Å². The molecule has 1 aliphatic heterocycles. The van der Waals surface area contributed by atoms with Gasteiger partial charge in [0.15, 0.2) is 0 Å². The third-order valence-corrected chi connectivity index (χ3v) is 5.57. The molecule has 26 heavy (non-hydrogen) atoms. The van der Waals surface area contributed by atoms with Gasteiger partial charge in [0.25, 0.3) is 0 Å². The second kappa shape index (κ2) is 16.4. The van der Waals surface area contributed by atoms with E-state index in [0.717, 1.165) is 19.6 Å². The van der Waals surface area contributed by atoms with Crippen molar-refractivity contribution in [2.75, 3.05) is 33.2 Å². The Morgan fingerprint density at radius 2 is 1.46 bits per heavy atom. The van der Waals surface area contributed by atoms with Crippen molar-refractivity contribution in [1.82, 2.24) is 4.90 Å². The van der Waals surface area contributed by atoms with Crippen LogP contribution in [0.4, 0.5) is 0 Å². The summed E-state index contributed by atoms with van der Waals surface area (Å²) in [5, 5.41) is 0. The molecule has 0 radical (unpaired) electrons. The minimum atomic E-state index is 0.768. The van der Waals surface area contributed by atoms with Crippen LogP contribution in [0.2, 0.25) is 0 Å². The Bertz CT molecular complexity index is 387. The Morgan fingerprint density at radius 3 is 2.08 bits per heavy atom. The highest BCUT2D eigenvalue weighted by Crippen LogP contribution is 2.12. The highest BCUT2D eigenvalue weighted by Gasteiger charge is 2.26. The highest BCUT2D eigenvalue weighted by molar-refractivity contribution is 5.78. The molecule has 0 spiro atoms. The maximum atomic E-state index is 5.72. The average molecular weight is 365 g/mol. The molecule has 0 fully saturated rings. The lowest BCUT2D eigenvalue weighted by molar-refractivity contribution is -0.487. The van der Waals surface area contributed by atoms with Crippen molar-refractivity contribution in [2.45, 2.75) is 96.8 Å². The largest absolute Gasteiger partial charge is 0.327 e. The van der Waals surface area contributed by atoms with E-state index in [1.807, 2.05) is 0 Å². The van der Waals surface area contributed by atoms with Gasteiger partial charge in [0.1, 0.15) is 13.1 Å². The number of amidine groups is 1. The van der Waals surface area contributed by atoms with Crippen LogP contribution in [-0.2, 0) is 0 Å². The molecule has 0 unspecified atom stereocenters. The Labute approximate surface area is 163 Å². The van der Waals surface area contributed by atoms with E-state index < -0.39 is 0 Å². The molecule has 0 aromatic heterocycles. The van der Waals surface area contributed by atoms with Gasteiger partial charge in [0, 0.05) is 13.0 Å². The van der Waals surface area contributed by atoms with Crippen molar-refractivity contribution in [1.29, 1.82) is 0 Å². The fourth-order valence-electron chi connectivity index (χ4n) is 3.87. The fraction of sp³-hybridized carbons (Fsp3) is 0.870. The zero-order valence-electron chi connectivity index (χ0n) is 17.9. The quantitative estimate of drug-likeness (QED) is 0.215. The van der Waals surface area contributed by atoms with E-state index in [2.05, 4.69) is 35.6 Å². The van der Waals surface area contributed by atoms with E-state index >= 15 is 0 Å². The summed E-state index contributed by atoms with van der Waals surface area (Å²) in [4.78, 5) is 2.48. The second-order valence-corrected chi connectivity index (χ2v) is 7.95. The molecule has 1 heterocycles. The zero-order chi connectivity index (χ0) is 18.9. The van der Waals surface area contributed by atoms with Gasteiger partial charge in [-0.3, -0.25) is 9.48 Å². The number of likely N-dealkylation sites (N-methyl/N-ethyl adjacent to an activating group) is 1. The third kappa shape index (κ3) is 11.0. The molecule has 2 N–H and O–H groups in total. The SMILES string of the molecule is CCCCCCCC/C=C\CCCCCCCC1=[N+](C)CCN1CCN. The van der Waals surface area contributed by atoms with Crippen LogP contribution in [0.1, 0.15) is 96.8 Å². The number of allylic oxidation sites excluding steroid dienone is 2. The van der Waals surface area contributed by atoms with E-state index in [9.17, 15) is 0 Å². The van der Waals surface area contributed by atoms with E-state index in [0.29, 0.717) is 0 Å². The fourth-order valence-corrected chi connectivity index (χ4v) is 3.87. The molecule has 0 aromatic carbocycles. The normalized spacial score (nSPS) is 15.0. The lowest BCUT2D eigenvalue weighted by Crippen LogP contribution is -2.33. The van der Waals surface area contributed by atoms with Crippen LogP contribution in [0.3, 0.4) is 0 Å². The van der Waals surface area contributed by atoms with Crippen molar-refractivity contribution in [3.05, 3.63) is 12.2 Å². The number of nitrogens with two attached hydrogens (primary N) is 1. The first kappa shape index (κ1) is 23.2. The molecule has 0 saturated heterocycles. The van der Waals surface area contributed by atoms with Gasteiger partial charge in [-0.25, -0.2) is 0 Å². The Hall–Kier alpha value is -0.830. The van der Waals surface area contributed by atoms with Crippen molar-refractivity contribution in [3.8, 4) is 0 Å². The number of rotatable bonds is 17. The van der Waals surface area contributed by atoms with Crippen LogP contribution in [0.25, 0.3) is 0 Å². The predicted octanol–water partition coefficient (Wildman–Crippen LogP) is 5.34. The van der Waals surface area contributed by atoms with Gasteiger partial charge in [-0.15, -0.1) is 0 Å². The van der Waals surface area contributed by atoms with Crippen molar-refractivity contribution < 1.29 is 4.58 Å². The second-order valence-electron chi connectivity index (χ2n) is 7.95. The standard InChI is InChI=1S/C23H46N3/c1-3-4-5-6-7-8-9-10-11-12-13-14-15-16-17-18-23-25(2)21-22-26(23)20-19-24/h10-11H,3-9,12-22,24H2,1-2H3/q+1/b11-10-. The molecule has 0 aromatic rings. The summed E-state index contributed by atoms with van der Waals surface area (Å²) in [6.45, 7) is 6.40. The number of nitrogens with zero attached hydrogens (tertiary/aromatic N) is 2. The van der Waals surface area contributed by atoms with Crippen LogP contribution >= 0.6 is 0 Å². The minimum Gasteiger partial charge on any atom is -0.327 e. The minimum absolute atomic E-state index is 0.768. The van der Waals surface area contributed by atoms with Crippen LogP contribution in [0.15, 0.2) is 12.2 Å². The summed E-state index contributed by atoms with van der Waals surface area (Å²) in [6, 6.07) is 0. The van der Waals surface area contributed by atoms with Crippen molar-refractivity contribution in [3.63, 3.8) is 0 Å². The van der Waals surface area contributed by atoms with Crippen LogP contribution in [-0.4, -0.2) is 48.5 Å². The van der Waals surface area contributed by atoms with Gasteiger partial charge in [0.05, 0.1) is 13.6 Å². The van der Waals surface area contributed by atoms with Gasteiger partial charge in [-0.1, -0.05) is 70.4 Å². The van der Waals surface area contributed by atoms with Crippen LogP contribution in [0, 0.1) is 0 Å². The Morgan fingerprint density at radius 1 is 0.885 bits per heavy atom. The van der Waals surface area contributed by atoms with Gasteiger partial charge in [0.2, 0.25) is 5.84 Å². The molecule has 3 heteroatoms. The summed E-state index contributed by atoms with van der Waals surface area (Å²) >= 11 is 0. The van der Waals surface area contributed by atoms with Gasteiger partial charge in [-0.05, 0) is 32.1 Å². The maximum Gasteiger partial charge on any atom is 0.246 e. The predicted molar refractivity (Wildman–Crippen MR) is 116 cm³/mol. The molecule has 0 bridgehead atoms. The van der Waals surface area contributed by atoms with Gasteiger partial charge >= 0.3 is 0 Å². The Kier molecular flexibility index (Phi) is 14.6. The molecule has 0 aliphatic carbocycles. The molecule has 1 aliphatic rings. The molecular formula is C23H46N3+. The van der Waals surface area contributed by atoms with Crippen molar-refractivity contribution in [2.24, 2.45) is 5.73 Å². The summed E-state index contributed by atoms with van der Waals surface area (Å²) < 4.78 is 2.42. The monoisotopic (exact) mass is 364 g/mol. The first-order valence-corrected chi connectivity index (χ1v) is 11.5. The van der Waals surface area contributed by atoms with Gasteiger partial charge in [-0.2, -0.15) is 0 Å². The van der Waals surface area contributed by atoms with E-state index in [4.69, 9.17) is 5.73 Å². The van der Waals surface area contributed by atoms with Crippen molar-refractivity contribution >= 4 is 5.84 Å². The third-order valence-electron chi connectivity index (χ3n) is 5.57. The topological polar surface area (TPSA) is 32.3 Å². The molecule has 0 saturated carbocycles. The lowest BCUT2D eigenvalue weighted by Gasteiger charge is -2.12. The van der Waals surface area contributed by atoms with E-state index in [1.54, 1.807) is 0 Å².